The lowest BCUT2D eigenvalue weighted by Crippen LogP contribution is -2.12. The number of carbonyl (C=O) groups is 1. The van der Waals surface area contributed by atoms with E-state index in [4.69, 9.17) is 11.6 Å². The Kier molecular flexibility index (Phi) is 5.12. The van der Waals surface area contributed by atoms with E-state index in [1.54, 1.807) is 12.3 Å². The van der Waals surface area contributed by atoms with Crippen LogP contribution in [0.15, 0.2) is 18.3 Å². The number of aryl methyl sites for hydroxylation is 1. The fourth-order valence-electron chi connectivity index (χ4n) is 1.13. The van der Waals surface area contributed by atoms with Gasteiger partial charge in [-0.05, 0) is 31.4 Å². The van der Waals surface area contributed by atoms with Crippen LogP contribution < -0.4 is 5.32 Å². The van der Waals surface area contributed by atoms with Crippen molar-refractivity contribution in [2.75, 3.05) is 11.2 Å². The van der Waals surface area contributed by atoms with E-state index in [9.17, 15) is 4.79 Å². The summed E-state index contributed by atoms with van der Waals surface area (Å²) in [6.45, 7) is 1.96. The molecular formula is C11H15ClN2O. The molecule has 0 aliphatic heterocycles. The summed E-state index contributed by atoms with van der Waals surface area (Å²) in [5, 5.41) is 2.73. The van der Waals surface area contributed by atoms with Crippen LogP contribution in [0.5, 0.6) is 0 Å². The first-order valence-corrected chi connectivity index (χ1v) is 5.54. The molecule has 0 aliphatic carbocycles. The summed E-state index contributed by atoms with van der Waals surface area (Å²) < 4.78 is 0. The third-order valence-electron chi connectivity index (χ3n) is 1.97. The number of carbonyl (C=O) groups excluding carboxylic acids is 1. The molecule has 0 fully saturated rings. The van der Waals surface area contributed by atoms with Gasteiger partial charge in [0.25, 0.3) is 0 Å². The van der Waals surface area contributed by atoms with Crippen molar-refractivity contribution in [1.29, 1.82) is 0 Å². The number of pyridine rings is 1. The second-order valence-corrected chi connectivity index (χ2v) is 3.79. The molecular weight excluding hydrogens is 212 g/mol. The molecule has 1 aromatic rings. The number of nitrogens with one attached hydrogen (secondary N) is 1. The van der Waals surface area contributed by atoms with Gasteiger partial charge < -0.3 is 5.32 Å². The summed E-state index contributed by atoms with van der Waals surface area (Å²) in [6.07, 6.45) is 3.92. The number of unbranched alkanes of at least 4 members (excludes halogenated alkanes) is 1. The van der Waals surface area contributed by atoms with E-state index in [1.807, 2.05) is 13.0 Å². The van der Waals surface area contributed by atoms with Crippen molar-refractivity contribution >= 4 is 23.3 Å². The molecule has 0 saturated heterocycles. The number of aromatic nitrogens is 1. The maximum Gasteiger partial charge on any atom is 0.225 e. The Morgan fingerprint density at radius 1 is 1.47 bits per heavy atom. The topological polar surface area (TPSA) is 42.0 Å². The standard InChI is InChI=1S/C11H15ClN2O/c1-9-5-6-10(13-8-9)14-11(15)4-2-3-7-12/h5-6,8H,2-4,7H2,1H3,(H,13,14,15). The Morgan fingerprint density at radius 3 is 2.87 bits per heavy atom. The highest BCUT2D eigenvalue weighted by atomic mass is 35.5. The molecule has 3 nitrogen and oxygen atoms in total. The van der Waals surface area contributed by atoms with Gasteiger partial charge in [0, 0.05) is 18.5 Å². The van der Waals surface area contributed by atoms with E-state index in [-0.39, 0.29) is 5.91 Å². The maximum atomic E-state index is 11.4. The fraction of sp³-hybridized carbons (Fsp3) is 0.455. The summed E-state index contributed by atoms with van der Waals surface area (Å²) in [4.78, 5) is 15.5. The number of hydrogen-bond donors (Lipinski definition) is 1. The fourth-order valence-corrected chi connectivity index (χ4v) is 1.32. The van der Waals surface area contributed by atoms with Gasteiger partial charge in [-0.15, -0.1) is 11.6 Å². The van der Waals surface area contributed by atoms with Crippen molar-refractivity contribution in [2.24, 2.45) is 0 Å². The lowest BCUT2D eigenvalue weighted by atomic mass is 10.2. The van der Waals surface area contributed by atoms with E-state index in [2.05, 4.69) is 10.3 Å². The quantitative estimate of drug-likeness (QED) is 0.620. The third kappa shape index (κ3) is 4.79. The Hall–Kier alpha value is -1.09. The molecule has 1 rings (SSSR count). The van der Waals surface area contributed by atoms with Crippen LogP contribution in [0.3, 0.4) is 0 Å². The van der Waals surface area contributed by atoms with Crippen molar-refractivity contribution < 1.29 is 4.79 Å². The number of anilines is 1. The van der Waals surface area contributed by atoms with Crippen LogP contribution in [0.25, 0.3) is 0 Å². The molecule has 0 radical (unpaired) electrons. The van der Waals surface area contributed by atoms with E-state index in [1.165, 1.54) is 0 Å². The number of halogens is 1. The van der Waals surface area contributed by atoms with Crippen LogP contribution in [0.2, 0.25) is 0 Å². The van der Waals surface area contributed by atoms with Crippen molar-refractivity contribution in [3.8, 4) is 0 Å². The van der Waals surface area contributed by atoms with Crippen LogP contribution in [0.4, 0.5) is 5.82 Å². The number of nitrogens with zero attached hydrogens (tertiary/aromatic N) is 1. The highest BCUT2D eigenvalue weighted by Gasteiger charge is 2.02. The van der Waals surface area contributed by atoms with Crippen molar-refractivity contribution in [3.05, 3.63) is 23.9 Å². The molecule has 4 heteroatoms. The van der Waals surface area contributed by atoms with Gasteiger partial charge in [-0.1, -0.05) is 6.07 Å². The number of alkyl halides is 1. The third-order valence-corrected chi connectivity index (χ3v) is 2.23. The van der Waals surface area contributed by atoms with Crippen LogP contribution in [-0.4, -0.2) is 16.8 Å². The molecule has 0 spiro atoms. The minimum absolute atomic E-state index is 0.00327. The molecule has 1 aromatic heterocycles. The maximum absolute atomic E-state index is 11.4. The summed E-state index contributed by atoms with van der Waals surface area (Å²) in [7, 11) is 0. The van der Waals surface area contributed by atoms with E-state index >= 15 is 0 Å². The first kappa shape index (κ1) is 12.0. The van der Waals surface area contributed by atoms with Crippen molar-refractivity contribution in [3.63, 3.8) is 0 Å². The average molecular weight is 227 g/mol. The first-order chi connectivity index (χ1) is 7.22. The van der Waals surface area contributed by atoms with Gasteiger partial charge in [-0.3, -0.25) is 4.79 Å². The molecule has 0 saturated carbocycles. The van der Waals surface area contributed by atoms with E-state index in [0.29, 0.717) is 18.1 Å². The Bertz CT molecular complexity index is 311. The van der Waals surface area contributed by atoms with Crippen LogP contribution >= 0.6 is 11.6 Å². The lowest BCUT2D eigenvalue weighted by molar-refractivity contribution is -0.116. The Balaban J connectivity index is 2.34. The van der Waals surface area contributed by atoms with Gasteiger partial charge in [0.05, 0.1) is 0 Å². The highest BCUT2D eigenvalue weighted by Crippen LogP contribution is 2.05. The SMILES string of the molecule is Cc1ccc(NC(=O)CCCCCl)nc1. The molecule has 15 heavy (non-hydrogen) atoms. The summed E-state index contributed by atoms with van der Waals surface area (Å²) in [5.41, 5.74) is 1.08. The van der Waals surface area contributed by atoms with Crippen LogP contribution in [-0.2, 0) is 4.79 Å². The number of amides is 1. The second kappa shape index (κ2) is 6.40. The zero-order valence-corrected chi connectivity index (χ0v) is 9.55. The average Bonchev–Trinajstić information content (AvgIpc) is 2.22. The van der Waals surface area contributed by atoms with Gasteiger partial charge in [0.1, 0.15) is 5.82 Å². The summed E-state index contributed by atoms with van der Waals surface area (Å²) >= 11 is 5.52. The molecule has 0 aliphatic rings. The molecule has 1 N–H and O–H groups in total. The highest BCUT2D eigenvalue weighted by molar-refractivity contribution is 6.17. The Morgan fingerprint density at radius 2 is 2.27 bits per heavy atom. The molecule has 0 atom stereocenters. The largest absolute Gasteiger partial charge is 0.311 e. The van der Waals surface area contributed by atoms with Crippen LogP contribution in [0, 0.1) is 6.92 Å². The summed E-state index contributed by atoms with van der Waals surface area (Å²) in [6, 6.07) is 3.72. The Labute approximate surface area is 94.9 Å². The van der Waals surface area contributed by atoms with Gasteiger partial charge in [0.15, 0.2) is 0 Å². The molecule has 82 valence electrons. The van der Waals surface area contributed by atoms with Gasteiger partial charge in [-0.25, -0.2) is 4.98 Å². The molecule has 0 bridgehead atoms. The predicted octanol–water partition coefficient (Wildman–Crippen LogP) is 2.74. The van der Waals surface area contributed by atoms with Crippen LogP contribution in [0.1, 0.15) is 24.8 Å². The molecule has 1 heterocycles. The zero-order chi connectivity index (χ0) is 11.1. The normalized spacial score (nSPS) is 10.0. The summed E-state index contributed by atoms with van der Waals surface area (Å²) in [5.74, 6) is 1.21. The minimum atomic E-state index is -0.00327. The molecule has 0 unspecified atom stereocenters. The first-order valence-electron chi connectivity index (χ1n) is 5.01. The van der Waals surface area contributed by atoms with Gasteiger partial charge >= 0.3 is 0 Å². The predicted molar refractivity (Wildman–Crippen MR) is 62.2 cm³/mol. The van der Waals surface area contributed by atoms with Gasteiger partial charge in [-0.2, -0.15) is 0 Å². The monoisotopic (exact) mass is 226 g/mol. The molecule has 1 amide bonds. The van der Waals surface area contributed by atoms with Crippen molar-refractivity contribution in [2.45, 2.75) is 26.2 Å². The number of hydrogen-bond acceptors (Lipinski definition) is 2. The molecule has 0 aromatic carbocycles. The number of rotatable bonds is 5. The van der Waals surface area contributed by atoms with Crippen molar-refractivity contribution in [1.82, 2.24) is 4.98 Å². The van der Waals surface area contributed by atoms with Gasteiger partial charge in [0.2, 0.25) is 5.91 Å². The van der Waals surface area contributed by atoms with E-state index in [0.717, 1.165) is 18.4 Å². The second-order valence-electron chi connectivity index (χ2n) is 3.42. The minimum Gasteiger partial charge on any atom is -0.311 e. The lowest BCUT2D eigenvalue weighted by Gasteiger charge is -2.03. The van der Waals surface area contributed by atoms with E-state index < -0.39 is 0 Å². The smallest absolute Gasteiger partial charge is 0.225 e. The zero-order valence-electron chi connectivity index (χ0n) is 8.79.